The van der Waals surface area contributed by atoms with Gasteiger partial charge in [-0.2, -0.15) is 0 Å². The molecule has 9 heteroatoms. The van der Waals surface area contributed by atoms with Gasteiger partial charge in [-0.05, 0) is 96.3 Å². The first kappa shape index (κ1) is 52.9. The Hall–Kier alpha value is -3.10. The average molecular weight is 798 g/mol. The van der Waals surface area contributed by atoms with E-state index in [1.54, 1.807) is 0 Å². The summed E-state index contributed by atoms with van der Waals surface area (Å²) in [7, 11) is -4.31. The van der Waals surface area contributed by atoms with Gasteiger partial charge in [-0.25, -0.2) is 4.57 Å². The third-order valence-electron chi connectivity index (χ3n) is 7.87. The maximum absolute atomic E-state index is 12.6. The lowest BCUT2D eigenvalue weighted by Crippen LogP contribution is -2.28. The van der Waals surface area contributed by atoms with Gasteiger partial charge in [0.25, 0.3) is 0 Å². The first-order valence-corrected chi connectivity index (χ1v) is 22.5. The zero-order valence-electron chi connectivity index (χ0n) is 34.8. The smallest absolute Gasteiger partial charge is 0.457 e. The first-order chi connectivity index (χ1) is 27.4. The van der Waals surface area contributed by atoms with Crippen LogP contribution in [0.5, 0.6) is 0 Å². The Kier molecular flexibility index (Phi) is 40.6. The molecule has 0 aromatic carbocycles. The van der Waals surface area contributed by atoms with E-state index in [1.165, 1.54) is 0 Å². The Morgan fingerprint density at radius 2 is 0.946 bits per heavy atom. The fourth-order valence-corrected chi connectivity index (χ4v) is 5.65. The summed E-state index contributed by atoms with van der Waals surface area (Å²) in [5, 5.41) is 0. The van der Waals surface area contributed by atoms with Crippen molar-refractivity contribution < 1.29 is 32.8 Å². The summed E-state index contributed by atoms with van der Waals surface area (Å²) in [5.74, 6) is -0.380. The summed E-state index contributed by atoms with van der Waals surface area (Å²) in [4.78, 5) is 22.5. The van der Waals surface area contributed by atoms with Gasteiger partial charge in [0.1, 0.15) is 6.10 Å². The predicted molar refractivity (Wildman–Crippen MR) is 237 cm³/mol. The van der Waals surface area contributed by atoms with Crippen LogP contribution in [0.3, 0.4) is 0 Å². The van der Waals surface area contributed by atoms with Crippen LogP contribution < -0.4 is 5.73 Å². The molecule has 0 aliphatic heterocycles. The number of unbranched alkanes of at least 4 members (excludes halogenated alkanes) is 5. The van der Waals surface area contributed by atoms with Crippen LogP contribution in [0.2, 0.25) is 0 Å². The van der Waals surface area contributed by atoms with E-state index in [0.717, 1.165) is 103 Å². The molecule has 0 heterocycles. The fraction of sp³-hybridized carbons (Fsp3) is 0.553. The van der Waals surface area contributed by atoms with E-state index in [-0.39, 0.29) is 38.8 Å². The lowest BCUT2D eigenvalue weighted by atomic mass is 10.1. The van der Waals surface area contributed by atoms with Crippen molar-refractivity contribution in [3.8, 4) is 0 Å². The summed E-state index contributed by atoms with van der Waals surface area (Å²) in [6, 6.07) is 0. The van der Waals surface area contributed by atoms with E-state index < -0.39 is 13.9 Å². The van der Waals surface area contributed by atoms with Crippen LogP contribution in [-0.4, -0.2) is 49.9 Å². The third-order valence-corrected chi connectivity index (χ3v) is 8.86. The first-order valence-electron chi connectivity index (χ1n) is 21.0. The van der Waals surface area contributed by atoms with Gasteiger partial charge in [-0.15, -0.1) is 0 Å². The number of hydrogen-bond acceptors (Lipinski definition) is 7. The van der Waals surface area contributed by atoms with Crippen molar-refractivity contribution in [2.24, 2.45) is 5.73 Å². The van der Waals surface area contributed by atoms with Crippen molar-refractivity contribution in [2.45, 2.75) is 136 Å². The third kappa shape index (κ3) is 42.1. The van der Waals surface area contributed by atoms with Crippen molar-refractivity contribution in [1.29, 1.82) is 0 Å². The number of rotatable bonds is 38. The van der Waals surface area contributed by atoms with Gasteiger partial charge < -0.3 is 20.1 Å². The molecule has 0 spiro atoms. The standard InChI is InChI=1S/C47H76NO7P/c1-3-5-7-9-11-13-15-17-19-21-22-23-25-27-29-31-33-35-37-39-42-52-44-46(45-54-56(50,51)53-43-41-48)55-47(49)40-38-36-34-32-30-28-26-24-20-18-16-14-12-10-8-6-4-2/h5-8,11-14,17-20,22-23,26-29,33,35,46H,3-4,9-10,15-16,21,24-25,30-32,34,36-45,48H2,1-2H3,(H,50,51)/b7-5-,8-6-,13-11-,14-12-,19-17-,20-18-,23-22-,28-26-,29-27-,35-33-. The number of hydrogen-bond donors (Lipinski definition) is 2. The van der Waals surface area contributed by atoms with Crippen molar-refractivity contribution in [1.82, 2.24) is 0 Å². The minimum atomic E-state index is -4.31. The number of nitrogens with two attached hydrogens (primary N) is 1. The van der Waals surface area contributed by atoms with Gasteiger partial charge >= 0.3 is 13.8 Å². The van der Waals surface area contributed by atoms with E-state index in [9.17, 15) is 14.3 Å². The topological polar surface area (TPSA) is 117 Å². The Balaban J connectivity index is 4.25. The molecule has 0 saturated heterocycles. The number of carbonyl (C=O) groups excluding carboxylic acids is 1. The van der Waals surface area contributed by atoms with Crippen LogP contribution in [-0.2, 0) is 27.9 Å². The molecule has 0 aromatic rings. The number of esters is 1. The zero-order valence-corrected chi connectivity index (χ0v) is 35.7. The fourth-order valence-electron chi connectivity index (χ4n) is 4.88. The Morgan fingerprint density at radius 3 is 1.39 bits per heavy atom. The van der Waals surface area contributed by atoms with Crippen LogP contribution >= 0.6 is 7.82 Å². The van der Waals surface area contributed by atoms with E-state index >= 15 is 0 Å². The van der Waals surface area contributed by atoms with E-state index in [0.29, 0.717) is 13.0 Å². The normalized spacial score (nSPS) is 14.7. The Morgan fingerprint density at radius 1 is 0.536 bits per heavy atom. The predicted octanol–water partition coefficient (Wildman–Crippen LogP) is 12.6. The van der Waals surface area contributed by atoms with Crippen molar-refractivity contribution in [2.75, 3.05) is 33.0 Å². The molecule has 0 saturated carbocycles. The molecule has 0 aromatic heterocycles. The molecule has 8 nitrogen and oxygen atoms in total. The zero-order chi connectivity index (χ0) is 40.9. The van der Waals surface area contributed by atoms with Crippen LogP contribution in [0.25, 0.3) is 0 Å². The monoisotopic (exact) mass is 798 g/mol. The highest BCUT2D eigenvalue weighted by Crippen LogP contribution is 2.43. The quantitative estimate of drug-likeness (QED) is 0.0274. The molecule has 3 N–H and O–H groups in total. The molecular weight excluding hydrogens is 721 g/mol. The molecule has 0 aliphatic rings. The highest BCUT2D eigenvalue weighted by atomic mass is 31.2. The van der Waals surface area contributed by atoms with Crippen molar-refractivity contribution in [3.63, 3.8) is 0 Å². The number of ether oxygens (including phenoxy) is 2. The second-order valence-corrected chi connectivity index (χ2v) is 14.5. The van der Waals surface area contributed by atoms with E-state index in [2.05, 4.69) is 135 Å². The summed E-state index contributed by atoms with van der Waals surface area (Å²) in [5.41, 5.74) is 5.36. The number of phosphoric ester groups is 1. The van der Waals surface area contributed by atoms with Crippen LogP contribution in [0, 0.1) is 0 Å². The minimum absolute atomic E-state index is 0.0568. The van der Waals surface area contributed by atoms with Gasteiger partial charge in [0.05, 0.1) is 19.8 Å². The molecule has 2 atom stereocenters. The molecule has 0 amide bonds. The summed E-state index contributed by atoms with van der Waals surface area (Å²) in [6.07, 6.45) is 59.4. The molecule has 316 valence electrons. The molecular formula is C47H76NO7P. The van der Waals surface area contributed by atoms with Gasteiger partial charge in [0, 0.05) is 19.6 Å². The van der Waals surface area contributed by atoms with E-state index in [4.69, 9.17) is 24.3 Å². The molecule has 0 fully saturated rings. The molecule has 56 heavy (non-hydrogen) atoms. The molecule has 0 radical (unpaired) electrons. The van der Waals surface area contributed by atoms with E-state index in [1.807, 2.05) is 0 Å². The van der Waals surface area contributed by atoms with Gasteiger partial charge in [0.15, 0.2) is 0 Å². The number of allylic oxidation sites excluding steroid dienone is 20. The highest BCUT2D eigenvalue weighted by Gasteiger charge is 2.25. The lowest BCUT2D eigenvalue weighted by Gasteiger charge is -2.20. The second kappa shape index (κ2) is 43.0. The molecule has 2 unspecified atom stereocenters. The van der Waals surface area contributed by atoms with Gasteiger partial charge in [0.2, 0.25) is 0 Å². The Labute approximate surface area is 341 Å². The number of carbonyl (C=O) groups is 1. The maximum atomic E-state index is 12.6. The number of phosphoric acid groups is 1. The maximum Gasteiger partial charge on any atom is 0.472 e. The summed E-state index contributed by atoms with van der Waals surface area (Å²) in [6.45, 7) is 4.45. The van der Waals surface area contributed by atoms with Gasteiger partial charge in [-0.1, -0.05) is 148 Å². The summed E-state index contributed by atoms with van der Waals surface area (Å²) < 4.78 is 33.3. The van der Waals surface area contributed by atoms with Crippen LogP contribution in [0.15, 0.2) is 122 Å². The average Bonchev–Trinajstić information content (AvgIpc) is 3.19. The van der Waals surface area contributed by atoms with Crippen LogP contribution in [0.4, 0.5) is 0 Å². The SMILES string of the molecule is CC/C=C\C/C=C\C/C=C\C/C=C\C/C=C\C/C=C\CCCOCC(COP(=O)(O)OCCN)OC(=O)CCCCCC/C=C\C/C=C\C/C=C\C/C=C\CC. The van der Waals surface area contributed by atoms with Crippen molar-refractivity contribution >= 4 is 13.8 Å². The highest BCUT2D eigenvalue weighted by molar-refractivity contribution is 7.47. The van der Waals surface area contributed by atoms with Crippen molar-refractivity contribution in [3.05, 3.63) is 122 Å². The minimum Gasteiger partial charge on any atom is -0.457 e. The lowest BCUT2D eigenvalue weighted by molar-refractivity contribution is -0.154. The summed E-state index contributed by atoms with van der Waals surface area (Å²) >= 11 is 0. The molecule has 0 bridgehead atoms. The largest absolute Gasteiger partial charge is 0.472 e. The van der Waals surface area contributed by atoms with Gasteiger partial charge in [-0.3, -0.25) is 13.8 Å². The Bertz CT molecular complexity index is 1260. The second-order valence-electron chi connectivity index (χ2n) is 13.1. The molecule has 0 aliphatic carbocycles. The van der Waals surface area contributed by atoms with Crippen LogP contribution in [0.1, 0.15) is 129 Å². The molecule has 0 rings (SSSR count).